The maximum absolute atomic E-state index is 13.9. The normalized spacial score (nSPS) is 14.6. The molecule has 3 rings (SSSR count). The Bertz CT molecular complexity index is 734. The Morgan fingerprint density at radius 1 is 1.36 bits per heavy atom. The minimum absolute atomic E-state index is 0.120. The fraction of sp³-hybridized carbons (Fsp3) is 0.400. The lowest BCUT2D eigenvalue weighted by Crippen LogP contribution is -2.35. The van der Waals surface area contributed by atoms with Crippen LogP contribution in [-0.4, -0.2) is 26.9 Å². The lowest BCUT2D eigenvalue weighted by Gasteiger charge is -2.24. The molecular formula is C20H24FN3O. The van der Waals surface area contributed by atoms with Crippen molar-refractivity contribution in [1.82, 2.24) is 14.5 Å². The van der Waals surface area contributed by atoms with Gasteiger partial charge in [0.15, 0.2) is 0 Å². The molecule has 0 spiro atoms. The number of amides is 1. The highest BCUT2D eigenvalue weighted by Gasteiger charge is 2.27. The second-order valence-electron chi connectivity index (χ2n) is 6.55. The number of aromatic nitrogens is 2. The number of hydrogen-bond donors (Lipinski definition) is 0. The topological polar surface area (TPSA) is 38.1 Å². The third-order valence-corrected chi connectivity index (χ3v) is 4.80. The maximum Gasteiger partial charge on any atom is 0.226 e. The highest BCUT2D eigenvalue weighted by atomic mass is 19.1. The molecule has 0 atom stereocenters. The number of nitrogens with zero attached hydrogens (tertiary/aromatic N) is 3. The molecule has 1 aromatic heterocycles. The zero-order valence-electron chi connectivity index (χ0n) is 14.4. The van der Waals surface area contributed by atoms with Crippen LogP contribution in [0, 0.1) is 11.7 Å². The summed E-state index contributed by atoms with van der Waals surface area (Å²) in [6, 6.07) is 6.73. The number of benzene rings is 1. The van der Waals surface area contributed by atoms with Crippen LogP contribution in [0.3, 0.4) is 0 Å². The van der Waals surface area contributed by atoms with Gasteiger partial charge < -0.3 is 9.47 Å². The summed E-state index contributed by atoms with van der Waals surface area (Å²) in [7, 11) is 0. The largest absolute Gasteiger partial charge is 0.331 e. The molecule has 5 heteroatoms. The number of hydrogen-bond acceptors (Lipinski definition) is 2. The SMILES string of the molecule is C=CCN(Cc1nccn1Cc1ccccc1F)C(=O)C1CCCC1. The molecule has 1 amide bonds. The first-order chi connectivity index (χ1) is 12.2. The zero-order chi connectivity index (χ0) is 17.6. The van der Waals surface area contributed by atoms with E-state index in [-0.39, 0.29) is 17.6 Å². The lowest BCUT2D eigenvalue weighted by atomic mass is 10.1. The highest BCUT2D eigenvalue weighted by Crippen LogP contribution is 2.27. The minimum atomic E-state index is -0.230. The molecule has 1 saturated carbocycles. The van der Waals surface area contributed by atoms with Crippen molar-refractivity contribution in [2.75, 3.05) is 6.54 Å². The van der Waals surface area contributed by atoms with Gasteiger partial charge in [-0.1, -0.05) is 37.1 Å². The highest BCUT2D eigenvalue weighted by molar-refractivity contribution is 5.79. The first-order valence-corrected chi connectivity index (χ1v) is 8.82. The lowest BCUT2D eigenvalue weighted by molar-refractivity contribution is -0.135. The van der Waals surface area contributed by atoms with Crippen LogP contribution in [0.5, 0.6) is 0 Å². The molecule has 1 aliphatic carbocycles. The van der Waals surface area contributed by atoms with Gasteiger partial charge in [0.1, 0.15) is 11.6 Å². The second kappa shape index (κ2) is 8.10. The summed E-state index contributed by atoms with van der Waals surface area (Å²) in [6.45, 7) is 5.10. The monoisotopic (exact) mass is 341 g/mol. The van der Waals surface area contributed by atoms with Crippen LogP contribution in [0.25, 0.3) is 0 Å². The van der Waals surface area contributed by atoms with Crippen molar-refractivity contribution >= 4 is 5.91 Å². The van der Waals surface area contributed by atoms with Crippen molar-refractivity contribution in [3.8, 4) is 0 Å². The fourth-order valence-corrected chi connectivity index (χ4v) is 3.44. The summed E-state index contributed by atoms with van der Waals surface area (Å²) in [4.78, 5) is 19.0. The van der Waals surface area contributed by atoms with Crippen molar-refractivity contribution in [3.05, 3.63) is 66.5 Å². The smallest absolute Gasteiger partial charge is 0.226 e. The standard InChI is InChI=1S/C20H24FN3O/c1-2-12-24(20(25)16-7-3-4-8-16)15-19-22-11-13-23(19)14-17-9-5-6-10-18(17)21/h2,5-6,9-11,13,16H,1,3-4,7-8,12,14-15H2. The number of halogens is 1. The summed E-state index contributed by atoms with van der Waals surface area (Å²) >= 11 is 0. The van der Waals surface area contributed by atoms with E-state index in [2.05, 4.69) is 11.6 Å². The molecule has 0 saturated heterocycles. The fourth-order valence-electron chi connectivity index (χ4n) is 3.44. The number of imidazole rings is 1. The molecule has 0 aliphatic heterocycles. The summed E-state index contributed by atoms with van der Waals surface area (Å²) in [5.41, 5.74) is 0.610. The van der Waals surface area contributed by atoms with Crippen LogP contribution in [-0.2, 0) is 17.9 Å². The van der Waals surface area contributed by atoms with Crippen LogP contribution in [0.4, 0.5) is 4.39 Å². The third kappa shape index (κ3) is 4.16. The first kappa shape index (κ1) is 17.4. The molecule has 132 valence electrons. The first-order valence-electron chi connectivity index (χ1n) is 8.82. The zero-order valence-corrected chi connectivity index (χ0v) is 14.4. The predicted octanol–water partition coefficient (Wildman–Crippen LogP) is 3.78. The Balaban J connectivity index is 1.74. The summed E-state index contributed by atoms with van der Waals surface area (Å²) in [5, 5.41) is 0. The number of carbonyl (C=O) groups excluding carboxylic acids is 1. The molecular weight excluding hydrogens is 317 g/mol. The summed E-state index contributed by atoms with van der Waals surface area (Å²) in [6.07, 6.45) is 9.46. The molecule has 0 unspecified atom stereocenters. The maximum atomic E-state index is 13.9. The van der Waals surface area contributed by atoms with E-state index in [9.17, 15) is 9.18 Å². The quantitative estimate of drug-likeness (QED) is 0.719. The van der Waals surface area contributed by atoms with Gasteiger partial charge in [0.05, 0.1) is 13.1 Å². The van der Waals surface area contributed by atoms with E-state index in [4.69, 9.17) is 0 Å². The molecule has 0 bridgehead atoms. The van der Waals surface area contributed by atoms with Crippen LogP contribution in [0.2, 0.25) is 0 Å². The van der Waals surface area contributed by atoms with Gasteiger partial charge in [-0.05, 0) is 18.9 Å². The molecule has 4 nitrogen and oxygen atoms in total. The van der Waals surface area contributed by atoms with Gasteiger partial charge in [-0.25, -0.2) is 9.37 Å². The predicted molar refractivity (Wildman–Crippen MR) is 95.3 cm³/mol. The van der Waals surface area contributed by atoms with E-state index in [1.54, 1.807) is 24.4 Å². The molecule has 1 heterocycles. The van der Waals surface area contributed by atoms with Crippen molar-refractivity contribution in [2.45, 2.75) is 38.8 Å². The van der Waals surface area contributed by atoms with Gasteiger partial charge in [-0.2, -0.15) is 0 Å². The van der Waals surface area contributed by atoms with Crippen LogP contribution < -0.4 is 0 Å². The Morgan fingerprint density at radius 3 is 2.84 bits per heavy atom. The Hall–Kier alpha value is -2.43. The molecule has 2 aromatic rings. The Labute approximate surface area is 148 Å². The molecule has 25 heavy (non-hydrogen) atoms. The van der Waals surface area contributed by atoms with Gasteiger partial charge in [0.25, 0.3) is 0 Å². The Morgan fingerprint density at radius 2 is 2.12 bits per heavy atom. The minimum Gasteiger partial charge on any atom is -0.331 e. The van der Waals surface area contributed by atoms with Gasteiger partial charge in [0.2, 0.25) is 5.91 Å². The average molecular weight is 341 g/mol. The van der Waals surface area contributed by atoms with E-state index >= 15 is 0 Å². The van der Waals surface area contributed by atoms with Crippen LogP contribution in [0.1, 0.15) is 37.1 Å². The second-order valence-corrected chi connectivity index (χ2v) is 6.55. The van der Waals surface area contributed by atoms with E-state index in [1.165, 1.54) is 6.07 Å². The molecule has 1 aliphatic rings. The van der Waals surface area contributed by atoms with Crippen LogP contribution in [0.15, 0.2) is 49.3 Å². The van der Waals surface area contributed by atoms with Crippen molar-refractivity contribution in [2.24, 2.45) is 5.92 Å². The molecule has 0 radical (unpaired) electrons. The van der Waals surface area contributed by atoms with E-state index in [1.807, 2.05) is 21.7 Å². The Kier molecular flexibility index (Phi) is 5.64. The van der Waals surface area contributed by atoms with Gasteiger partial charge in [-0.3, -0.25) is 4.79 Å². The van der Waals surface area contributed by atoms with E-state index < -0.39 is 0 Å². The van der Waals surface area contributed by atoms with Gasteiger partial charge in [0, 0.05) is 30.4 Å². The number of rotatable bonds is 7. The van der Waals surface area contributed by atoms with Crippen molar-refractivity contribution in [1.29, 1.82) is 0 Å². The summed E-state index contributed by atoms with van der Waals surface area (Å²) in [5.74, 6) is 0.830. The van der Waals surface area contributed by atoms with E-state index in [0.29, 0.717) is 25.2 Å². The van der Waals surface area contributed by atoms with E-state index in [0.717, 1.165) is 31.5 Å². The van der Waals surface area contributed by atoms with Crippen molar-refractivity contribution in [3.63, 3.8) is 0 Å². The molecule has 0 N–H and O–H groups in total. The summed E-state index contributed by atoms with van der Waals surface area (Å²) < 4.78 is 15.8. The average Bonchev–Trinajstić information content (AvgIpc) is 3.28. The van der Waals surface area contributed by atoms with Crippen molar-refractivity contribution < 1.29 is 9.18 Å². The molecule has 1 aromatic carbocycles. The van der Waals surface area contributed by atoms with Crippen LogP contribution >= 0.6 is 0 Å². The third-order valence-electron chi connectivity index (χ3n) is 4.80. The van der Waals surface area contributed by atoms with Gasteiger partial charge >= 0.3 is 0 Å². The molecule has 1 fully saturated rings. The number of carbonyl (C=O) groups is 1. The van der Waals surface area contributed by atoms with Gasteiger partial charge in [-0.15, -0.1) is 6.58 Å².